The topological polar surface area (TPSA) is 36.9 Å². The van der Waals surface area contributed by atoms with E-state index in [0.717, 1.165) is 21.6 Å². The van der Waals surface area contributed by atoms with Crippen molar-refractivity contribution in [3.8, 4) is 0 Å². The SMILES string of the molecule is F[C@H]1O[C@H](COCc2ccccc2)[C@@H](OCc2ccccc2)[C@H](OCc2ccccc2)[C@@H]1Sc1ccccc1. The van der Waals surface area contributed by atoms with Crippen molar-refractivity contribution in [2.75, 3.05) is 6.61 Å². The molecule has 5 atom stereocenters. The molecule has 0 amide bonds. The van der Waals surface area contributed by atoms with Crippen LogP contribution >= 0.6 is 11.8 Å². The van der Waals surface area contributed by atoms with E-state index in [-0.39, 0.29) is 6.61 Å². The molecule has 202 valence electrons. The minimum atomic E-state index is -1.56. The maximum absolute atomic E-state index is 15.8. The lowest BCUT2D eigenvalue weighted by atomic mass is 10.0. The number of alkyl halides is 1. The van der Waals surface area contributed by atoms with Crippen molar-refractivity contribution in [3.63, 3.8) is 0 Å². The lowest BCUT2D eigenvalue weighted by molar-refractivity contribution is -0.241. The zero-order valence-corrected chi connectivity index (χ0v) is 22.5. The summed E-state index contributed by atoms with van der Waals surface area (Å²) in [4.78, 5) is 0.947. The van der Waals surface area contributed by atoms with Gasteiger partial charge >= 0.3 is 0 Å². The molecule has 4 aromatic rings. The number of thioether (sulfide) groups is 1. The molecule has 1 aliphatic rings. The first kappa shape index (κ1) is 27.6. The predicted octanol–water partition coefficient (Wildman–Crippen LogP) is 7.23. The second-order valence-electron chi connectivity index (χ2n) is 9.44. The number of halogens is 1. The average molecular weight is 545 g/mol. The number of hydrogen-bond donors (Lipinski definition) is 0. The average Bonchev–Trinajstić information content (AvgIpc) is 2.99. The Kier molecular flexibility index (Phi) is 10.2. The summed E-state index contributed by atoms with van der Waals surface area (Å²) in [6.45, 7) is 1.28. The molecule has 1 heterocycles. The lowest BCUT2D eigenvalue weighted by Crippen LogP contribution is -2.58. The van der Waals surface area contributed by atoms with Crippen LogP contribution in [0.2, 0.25) is 0 Å². The Labute approximate surface area is 234 Å². The Morgan fingerprint density at radius 2 is 1.05 bits per heavy atom. The van der Waals surface area contributed by atoms with Gasteiger partial charge in [0.1, 0.15) is 18.3 Å². The van der Waals surface area contributed by atoms with Gasteiger partial charge in [0, 0.05) is 4.90 Å². The first-order valence-electron chi connectivity index (χ1n) is 13.2. The van der Waals surface area contributed by atoms with E-state index in [2.05, 4.69) is 0 Å². The molecule has 4 nitrogen and oxygen atoms in total. The molecule has 39 heavy (non-hydrogen) atoms. The molecule has 5 rings (SSSR count). The molecule has 0 aliphatic carbocycles. The van der Waals surface area contributed by atoms with Crippen LogP contribution in [0.3, 0.4) is 0 Å². The van der Waals surface area contributed by atoms with Gasteiger partial charge in [-0.25, -0.2) is 4.39 Å². The number of ether oxygens (including phenoxy) is 4. The summed E-state index contributed by atoms with van der Waals surface area (Å²) >= 11 is 1.42. The second kappa shape index (κ2) is 14.4. The monoisotopic (exact) mass is 544 g/mol. The van der Waals surface area contributed by atoms with Crippen LogP contribution in [0.1, 0.15) is 16.7 Å². The highest BCUT2D eigenvalue weighted by Gasteiger charge is 2.48. The molecule has 1 saturated heterocycles. The number of benzene rings is 4. The molecule has 0 radical (unpaired) electrons. The first-order chi connectivity index (χ1) is 19.3. The van der Waals surface area contributed by atoms with E-state index in [0.29, 0.717) is 19.8 Å². The summed E-state index contributed by atoms with van der Waals surface area (Å²) in [5.41, 5.74) is 3.08. The van der Waals surface area contributed by atoms with Crippen molar-refractivity contribution in [3.05, 3.63) is 138 Å². The summed E-state index contributed by atoms with van der Waals surface area (Å²) in [5.74, 6) is 0. The molecule has 4 aromatic carbocycles. The van der Waals surface area contributed by atoms with Crippen LogP contribution < -0.4 is 0 Å². The van der Waals surface area contributed by atoms with Gasteiger partial charge in [0.05, 0.1) is 31.7 Å². The summed E-state index contributed by atoms with van der Waals surface area (Å²) in [6.07, 6.45) is -3.31. The zero-order chi connectivity index (χ0) is 26.7. The van der Waals surface area contributed by atoms with E-state index in [1.54, 1.807) is 0 Å². The predicted molar refractivity (Wildman–Crippen MR) is 152 cm³/mol. The number of hydrogen-bond acceptors (Lipinski definition) is 5. The van der Waals surface area contributed by atoms with Gasteiger partial charge in [0.2, 0.25) is 6.36 Å². The molecule has 0 unspecified atom stereocenters. The van der Waals surface area contributed by atoms with E-state index in [9.17, 15) is 0 Å². The Hall–Kier alpha value is -3.00. The number of rotatable bonds is 12. The lowest BCUT2D eigenvalue weighted by Gasteiger charge is -2.43. The highest BCUT2D eigenvalue weighted by Crippen LogP contribution is 2.38. The molecule has 0 aromatic heterocycles. The fraction of sp³-hybridized carbons (Fsp3) is 0.273. The van der Waals surface area contributed by atoms with Gasteiger partial charge in [-0.2, -0.15) is 0 Å². The molecular formula is C33H33FO4S. The minimum absolute atomic E-state index is 0.183. The van der Waals surface area contributed by atoms with Crippen molar-refractivity contribution in [1.29, 1.82) is 0 Å². The van der Waals surface area contributed by atoms with Gasteiger partial charge in [0.25, 0.3) is 0 Å². The summed E-state index contributed by atoms with van der Waals surface area (Å²) in [7, 11) is 0. The van der Waals surface area contributed by atoms with E-state index >= 15 is 4.39 Å². The normalized spacial score (nSPS) is 22.9. The maximum Gasteiger partial charge on any atom is 0.214 e. The van der Waals surface area contributed by atoms with Crippen LogP contribution in [0, 0.1) is 0 Å². The Morgan fingerprint density at radius 3 is 1.59 bits per heavy atom. The van der Waals surface area contributed by atoms with Crippen molar-refractivity contribution < 1.29 is 23.3 Å². The molecule has 0 N–H and O–H groups in total. The molecule has 0 bridgehead atoms. The first-order valence-corrected chi connectivity index (χ1v) is 14.1. The molecule has 1 fully saturated rings. The van der Waals surface area contributed by atoms with Gasteiger partial charge in [-0.1, -0.05) is 109 Å². The van der Waals surface area contributed by atoms with E-state index in [1.807, 2.05) is 121 Å². The minimum Gasteiger partial charge on any atom is -0.374 e. The highest BCUT2D eigenvalue weighted by atomic mass is 32.2. The van der Waals surface area contributed by atoms with Crippen molar-refractivity contribution in [2.45, 2.75) is 54.6 Å². The molecule has 0 spiro atoms. The van der Waals surface area contributed by atoms with Crippen LogP contribution in [0.4, 0.5) is 4.39 Å². The van der Waals surface area contributed by atoms with E-state index in [1.165, 1.54) is 11.8 Å². The van der Waals surface area contributed by atoms with Crippen molar-refractivity contribution >= 4 is 11.8 Å². The third-order valence-corrected chi connectivity index (χ3v) is 7.86. The molecule has 0 saturated carbocycles. The maximum atomic E-state index is 15.8. The fourth-order valence-corrected chi connectivity index (χ4v) is 5.74. The van der Waals surface area contributed by atoms with Gasteiger partial charge in [0.15, 0.2) is 0 Å². The van der Waals surface area contributed by atoms with Crippen molar-refractivity contribution in [1.82, 2.24) is 0 Å². The van der Waals surface area contributed by atoms with Gasteiger partial charge in [-0.15, -0.1) is 11.8 Å². The van der Waals surface area contributed by atoms with Gasteiger partial charge in [-0.3, -0.25) is 0 Å². The van der Waals surface area contributed by atoms with Crippen LogP contribution in [-0.2, 0) is 38.8 Å². The van der Waals surface area contributed by atoms with Crippen LogP contribution in [0.5, 0.6) is 0 Å². The summed E-state index contributed by atoms with van der Waals surface area (Å²) in [5, 5.41) is -0.623. The third-order valence-electron chi connectivity index (χ3n) is 6.56. The molecule has 6 heteroatoms. The fourth-order valence-electron chi connectivity index (χ4n) is 4.57. The Balaban J connectivity index is 1.38. The van der Waals surface area contributed by atoms with Crippen molar-refractivity contribution in [2.24, 2.45) is 0 Å². The van der Waals surface area contributed by atoms with E-state index < -0.39 is 29.9 Å². The van der Waals surface area contributed by atoms with E-state index in [4.69, 9.17) is 18.9 Å². The largest absolute Gasteiger partial charge is 0.374 e. The third kappa shape index (κ3) is 8.01. The molecular weight excluding hydrogens is 511 g/mol. The highest BCUT2D eigenvalue weighted by molar-refractivity contribution is 8.00. The standard InChI is InChI=1S/C33H33FO4S/c34-33-32(39-28-19-11-4-12-20-28)31(37-23-27-17-9-3-10-18-27)30(36-22-26-15-7-2-8-16-26)29(38-33)24-35-21-25-13-5-1-6-14-25/h1-20,29-33H,21-24H2/t29-,30-,31+,32+,33+/m1/s1. The smallest absolute Gasteiger partial charge is 0.214 e. The molecule has 1 aliphatic heterocycles. The zero-order valence-electron chi connectivity index (χ0n) is 21.7. The van der Waals surface area contributed by atoms with Crippen LogP contribution in [-0.4, -0.2) is 36.5 Å². The quantitative estimate of drug-likeness (QED) is 0.188. The van der Waals surface area contributed by atoms with Gasteiger partial charge < -0.3 is 18.9 Å². The van der Waals surface area contributed by atoms with Crippen LogP contribution in [0.25, 0.3) is 0 Å². The van der Waals surface area contributed by atoms with Gasteiger partial charge in [-0.05, 0) is 28.8 Å². The Morgan fingerprint density at radius 1 is 0.590 bits per heavy atom. The second-order valence-corrected chi connectivity index (χ2v) is 10.7. The summed E-state index contributed by atoms with van der Waals surface area (Å²) in [6, 6.07) is 39.6. The summed E-state index contributed by atoms with van der Waals surface area (Å²) < 4.78 is 40.8. The Bertz CT molecular complexity index is 1230. The van der Waals surface area contributed by atoms with Crippen LogP contribution in [0.15, 0.2) is 126 Å².